The second-order valence-corrected chi connectivity index (χ2v) is 9.81. The lowest BCUT2D eigenvalue weighted by molar-refractivity contribution is -0.138. The van der Waals surface area contributed by atoms with E-state index in [0.29, 0.717) is 35.5 Å². The standard InChI is InChI=1S/C31H30N2O5/c1-19-8-13-24-26(16-19)33(28(35)14-15-29(36)37)31(21-9-11-23(38-2)12-10-21)30-25(32-24)17-22(18-27(30)34)20-6-4-3-5-7-20/h3-13,16,22,31-32H,14-15,17-18H2,1-2H3,(H,36,37)/t22-,31+/m1/s1. The van der Waals surface area contributed by atoms with Gasteiger partial charge in [-0.15, -0.1) is 0 Å². The van der Waals surface area contributed by atoms with E-state index in [-0.39, 0.29) is 30.4 Å². The van der Waals surface area contributed by atoms with Gasteiger partial charge in [0.25, 0.3) is 0 Å². The monoisotopic (exact) mass is 510 g/mol. The Morgan fingerprint density at radius 2 is 1.71 bits per heavy atom. The number of nitrogens with one attached hydrogen (secondary N) is 1. The third-order valence-electron chi connectivity index (χ3n) is 7.26. The Labute approximate surface area is 221 Å². The molecule has 3 aromatic carbocycles. The molecule has 0 unspecified atom stereocenters. The van der Waals surface area contributed by atoms with E-state index in [0.717, 1.165) is 22.4 Å². The number of ether oxygens (including phenoxy) is 1. The number of amides is 1. The summed E-state index contributed by atoms with van der Waals surface area (Å²) in [6.07, 6.45) is 0.458. The highest BCUT2D eigenvalue weighted by Gasteiger charge is 2.41. The summed E-state index contributed by atoms with van der Waals surface area (Å²) in [7, 11) is 1.58. The minimum Gasteiger partial charge on any atom is -0.497 e. The topological polar surface area (TPSA) is 95.9 Å². The average molecular weight is 511 g/mol. The molecule has 38 heavy (non-hydrogen) atoms. The predicted molar refractivity (Wildman–Crippen MR) is 145 cm³/mol. The third kappa shape index (κ3) is 4.92. The molecule has 2 atom stereocenters. The van der Waals surface area contributed by atoms with E-state index < -0.39 is 12.0 Å². The first-order valence-electron chi connectivity index (χ1n) is 12.7. The first kappa shape index (κ1) is 25.3. The fraction of sp³-hybridized carbons (Fsp3) is 0.258. The van der Waals surface area contributed by atoms with E-state index in [1.54, 1.807) is 12.0 Å². The van der Waals surface area contributed by atoms with Crippen LogP contribution in [-0.2, 0) is 14.4 Å². The predicted octanol–water partition coefficient (Wildman–Crippen LogP) is 5.77. The van der Waals surface area contributed by atoms with Crippen LogP contribution in [0, 0.1) is 6.92 Å². The smallest absolute Gasteiger partial charge is 0.303 e. The second-order valence-electron chi connectivity index (χ2n) is 9.81. The molecule has 0 spiro atoms. The molecule has 194 valence electrons. The molecule has 7 nitrogen and oxygen atoms in total. The van der Waals surface area contributed by atoms with Crippen LogP contribution in [0.4, 0.5) is 11.4 Å². The number of allylic oxidation sites excluding steroid dienone is 1. The van der Waals surface area contributed by atoms with Crippen LogP contribution >= 0.6 is 0 Å². The normalized spacial score (nSPS) is 18.7. The molecule has 1 heterocycles. The molecule has 5 rings (SSSR count). The zero-order chi connectivity index (χ0) is 26.8. The van der Waals surface area contributed by atoms with E-state index in [2.05, 4.69) is 5.32 Å². The molecular formula is C31H30N2O5. The summed E-state index contributed by atoms with van der Waals surface area (Å²) in [5.74, 6) is -0.762. The molecular weight excluding hydrogens is 480 g/mol. The molecule has 1 amide bonds. The molecule has 0 saturated carbocycles. The van der Waals surface area contributed by atoms with Crippen LogP contribution in [0.25, 0.3) is 0 Å². The highest BCUT2D eigenvalue weighted by molar-refractivity contribution is 6.06. The van der Waals surface area contributed by atoms with E-state index in [9.17, 15) is 19.5 Å². The first-order chi connectivity index (χ1) is 18.4. The lowest BCUT2D eigenvalue weighted by Gasteiger charge is -2.35. The summed E-state index contributed by atoms with van der Waals surface area (Å²) in [4.78, 5) is 40.7. The number of benzene rings is 3. The van der Waals surface area contributed by atoms with Crippen molar-refractivity contribution in [2.24, 2.45) is 0 Å². The number of carbonyl (C=O) groups excluding carboxylic acids is 2. The van der Waals surface area contributed by atoms with Crippen molar-refractivity contribution in [3.05, 3.63) is 101 Å². The number of anilines is 2. The summed E-state index contributed by atoms with van der Waals surface area (Å²) < 4.78 is 5.35. The Hall–Kier alpha value is -4.39. The van der Waals surface area contributed by atoms with Crippen LogP contribution < -0.4 is 15.0 Å². The van der Waals surface area contributed by atoms with Crippen LogP contribution in [0.3, 0.4) is 0 Å². The number of aliphatic carboxylic acids is 1. The fourth-order valence-corrected chi connectivity index (χ4v) is 5.42. The van der Waals surface area contributed by atoms with Crippen molar-refractivity contribution in [2.75, 3.05) is 17.3 Å². The molecule has 2 aliphatic rings. The van der Waals surface area contributed by atoms with Gasteiger partial charge in [0.1, 0.15) is 5.75 Å². The number of hydrogen-bond donors (Lipinski definition) is 2. The average Bonchev–Trinajstić information content (AvgIpc) is 3.06. The maximum atomic E-state index is 14.0. The number of rotatable bonds is 6. The first-order valence-corrected chi connectivity index (χ1v) is 12.7. The molecule has 1 aliphatic heterocycles. The van der Waals surface area contributed by atoms with Gasteiger partial charge >= 0.3 is 5.97 Å². The number of nitrogens with zero attached hydrogens (tertiary/aromatic N) is 1. The van der Waals surface area contributed by atoms with Crippen molar-refractivity contribution in [1.29, 1.82) is 0 Å². The summed E-state index contributed by atoms with van der Waals surface area (Å²) in [5, 5.41) is 12.8. The molecule has 2 N–H and O–H groups in total. The molecule has 0 radical (unpaired) electrons. The lowest BCUT2D eigenvalue weighted by Crippen LogP contribution is -2.38. The van der Waals surface area contributed by atoms with E-state index in [4.69, 9.17) is 4.74 Å². The van der Waals surface area contributed by atoms with Gasteiger partial charge in [0.15, 0.2) is 5.78 Å². The van der Waals surface area contributed by atoms with Gasteiger partial charge in [-0.1, -0.05) is 48.5 Å². The van der Waals surface area contributed by atoms with Crippen LogP contribution in [0.15, 0.2) is 84.1 Å². The Morgan fingerprint density at radius 1 is 0.974 bits per heavy atom. The molecule has 0 fully saturated rings. The zero-order valence-corrected chi connectivity index (χ0v) is 21.4. The minimum atomic E-state index is -1.05. The molecule has 1 aliphatic carbocycles. The van der Waals surface area contributed by atoms with Gasteiger partial charge < -0.3 is 15.2 Å². The quantitative estimate of drug-likeness (QED) is 0.437. The van der Waals surface area contributed by atoms with Crippen LogP contribution in [0.2, 0.25) is 0 Å². The molecule has 3 aromatic rings. The zero-order valence-electron chi connectivity index (χ0n) is 21.4. The van der Waals surface area contributed by atoms with Gasteiger partial charge in [-0.3, -0.25) is 19.3 Å². The van der Waals surface area contributed by atoms with Crippen molar-refractivity contribution in [1.82, 2.24) is 0 Å². The summed E-state index contributed by atoms with van der Waals surface area (Å²) in [5.41, 5.74) is 5.46. The maximum absolute atomic E-state index is 14.0. The van der Waals surface area contributed by atoms with E-state index in [1.807, 2.05) is 79.7 Å². The Bertz CT molecular complexity index is 1410. The van der Waals surface area contributed by atoms with Gasteiger partial charge in [-0.05, 0) is 60.2 Å². The van der Waals surface area contributed by atoms with Crippen molar-refractivity contribution < 1.29 is 24.2 Å². The summed E-state index contributed by atoms with van der Waals surface area (Å²) in [6, 6.07) is 22.4. The molecule has 0 saturated heterocycles. The maximum Gasteiger partial charge on any atom is 0.303 e. The number of aryl methyl sites for hydroxylation is 1. The largest absolute Gasteiger partial charge is 0.497 e. The number of methoxy groups -OCH3 is 1. The van der Waals surface area contributed by atoms with Crippen LogP contribution in [-0.4, -0.2) is 29.9 Å². The number of carbonyl (C=O) groups is 3. The minimum absolute atomic E-state index is 0.00891. The second kappa shape index (κ2) is 10.5. The SMILES string of the molecule is COc1ccc([C@H]2C3=C(C[C@@H](c4ccccc4)CC3=O)Nc3ccc(C)cc3N2C(=O)CCC(=O)O)cc1. The Balaban J connectivity index is 1.70. The third-order valence-corrected chi connectivity index (χ3v) is 7.26. The van der Waals surface area contributed by atoms with Crippen molar-refractivity contribution in [3.8, 4) is 5.75 Å². The van der Waals surface area contributed by atoms with Gasteiger partial charge in [0.05, 0.1) is 30.9 Å². The summed E-state index contributed by atoms with van der Waals surface area (Å²) >= 11 is 0. The fourth-order valence-electron chi connectivity index (χ4n) is 5.42. The van der Waals surface area contributed by atoms with Crippen LogP contribution in [0.5, 0.6) is 5.75 Å². The molecule has 7 heteroatoms. The highest BCUT2D eigenvalue weighted by Crippen LogP contribution is 2.48. The highest BCUT2D eigenvalue weighted by atomic mass is 16.5. The number of ketones is 1. The number of fused-ring (bicyclic) bond motifs is 1. The Kier molecular flexibility index (Phi) is 7.01. The lowest BCUT2D eigenvalue weighted by atomic mass is 9.78. The number of hydrogen-bond acceptors (Lipinski definition) is 5. The van der Waals surface area contributed by atoms with E-state index >= 15 is 0 Å². The van der Waals surface area contributed by atoms with Gasteiger partial charge in [-0.25, -0.2) is 0 Å². The van der Waals surface area contributed by atoms with Crippen molar-refractivity contribution >= 4 is 29.0 Å². The van der Waals surface area contributed by atoms with E-state index in [1.165, 1.54) is 0 Å². The number of Topliss-reactive ketones (excluding diaryl/α,β-unsaturated/α-hetero) is 1. The number of carboxylic acid groups (broad SMARTS) is 1. The van der Waals surface area contributed by atoms with Gasteiger partial charge in [-0.2, -0.15) is 0 Å². The molecule has 0 aromatic heterocycles. The molecule has 0 bridgehead atoms. The van der Waals surface area contributed by atoms with Crippen molar-refractivity contribution in [3.63, 3.8) is 0 Å². The van der Waals surface area contributed by atoms with Crippen LogP contribution in [0.1, 0.15) is 54.3 Å². The summed E-state index contributed by atoms with van der Waals surface area (Å²) in [6.45, 7) is 1.94. The van der Waals surface area contributed by atoms with Gasteiger partial charge in [0.2, 0.25) is 5.91 Å². The van der Waals surface area contributed by atoms with Gasteiger partial charge in [0, 0.05) is 24.1 Å². The van der Waals surface area contributed by atoms with Crippen molar-refractivity contribution in [2.45, 2.75) is 44.6 Å². The number of carboxylic acids is 1. The Morgan fingerprint density at radius 3 is 2.39 bits per heavy atom.